The molecule has 5 nitrogen and oxygen atoms in total. The highest BCUT2D eigenvalue weighted by molar-refractivity contribution is 6.32. The Hall–Kier alpha value is -2.53. The van der Waals surface area contributed by atoms with Crippen LogP contribution in [0.15, 0.2) is 41.5 Å². The molecule has 0 aliphatic heterocycles. The van der Waals surface area contributed by atoms with Crippen molar-refractivity contribution < 1.29 is 14.3 Å². The molecular weight excluding hydrogens is 328 g/mol. The van der Waals surface area contributed by atoms with Crippen LogP contribution in [-0.4, -0.2) is 25.8 Å². The molecular formula is C18H19ClN2O3. The number of aryl methyl sites for hydroxylation is 1. The summed E-state index contributed by atoms with van der Waals surface area (Å²) in [7, 11) is 1.53. The predicted octanol–water partition coefficient (Wildman–Crippen LogP) is 3.82. The fourth-order valence-electron chi connectivity index (χ4n) is 2.06. The minimum absolute atomic E-state index is 0.282. The van der Waals surface area contributed by atoms with Crippen molar-refractivity contribution in [2.24, 2.45) is 5.10 Å². The number of ether oxygens (including phenoxy) is 2. The van der Waals surface area contributed by atoms with Gasteiger partial charge in [-0.2, -0.15) is 5.10 Å². The van der Waals surface area contributed by atoms with Crippen LogP contribution in [-0.2, 0) is 0 Å². The van der Waals surface area contributed by atoms with Crippen LogP contribution >= 0.6 is 11.6 Å². The number of carbonyl (C=O) groups is 1. The molecule has 0 heterocycles. The van der Waals surface area contributed by atoms with E-state index in [0.717, 1.165) is 5.56 Å². The summed E-state index contributed by atoms with van der Waals surface area (Å²) in [5, 5.41) is 4.37. The zero-order valence-electron chi connectivity index (χ0n) is 13.8. The summed E-state index contributed by atoms with van der Waals surface area (Å²) in [5.74, 6) is 0.717. The third kappa shape index (κ3) is 4.49. The van der Waals surface area contributed by atoms with Crippen molar-refractivity contribution in [2.45, 2.75) is 13.8 Å². The first-order valence-electron chi connectivity index (χ1n) is 7.45. The molecule has 0 saturated heterocycles. The number of methoxy groups -OCH3 is 1. The van der Waals surface area contributed by atoms with Gasteiger partial charge < -0.3 is 9.47 Å². The Kier molecular flexibility index (Phi) is 6.21. The summed E-state index contributed by atoms with van der Waals surface area (Å²) in [6.45, 7) is 4.32. The Bertz CT molecular complexity index is 743. The van der Waals surface area contributed by atoms with Gasteiger partial charge in [0.1, 0.15) is 0 Å². The fourth-order valence-corrected chi connectivity index (χ4v) is 2.35. The van der Waals surface area contributed by atoms with Crippen molar-refractivity contribution in [3.05, 3.63) is 58.1 Å². The van der Waals surface area contributed by atoms with Gasteiger partial charge in [-0.15, -0.1) is 0 Å². The number of benzene rings is 2. The van der Waals surface area contributed by atoms with Crippen LogP contribution in [0.3, 0.4) is 0 Å². The van der Waals surface area contributed by atoms with E-state index >= 15 is 0 Å². The van der Waals surface area contributed by atoms with Crippen LogP contribution in [0.1, 0.15) is 28.4 Å². The largest absolute Gasteiger partial charge is 0.491 e. The maximum absolute atomic E-state index is 12.0. The minimum atomic E-state index is -0.282. The summed E-state index contributed by atoms with van der Waals surface area (Å²) in [4.78, 5) is 12.0. The first-order valence-corrected chi connectivity index (χ1v) is 7.83. The first-order chi connectivity index (χ1) is 11.5. The maximum Gasteiger partial charge on any atom is 0.271 e. The van der Waals surface area contributed by atoms with Crippen LogP contribution in [0.25, 0.3) is 0 Å². The van der Waals surface area contributed by atoms with E-state index in [1.165, 1.54) is 13.3 Å². The van der Waals surface area contributed by atoms with Crippen LogP contribution in [0.2, 0.25) is 5.02 Å². The number of amides is 1. The number of hydrogen-bond acceptors (Lipinski definition) is 4. The SMILES string of the molecule is CCOc1cc(/C=N\NC(=O)c2ccc(C)cc2)cc(Cl)c1OC. The molecule has 0 aliphatic carbocycles. The van der Waals surface area contributed by atoms with Crippen molar-refractivity contribution >= 4 is 23.7 Å². The molecule has 0 spiro atoms. The van der Waals surface area contributed by atoms with Crippen molar-refractivity contribution in [2.75, 3.05) is 13.7 Å². The lowest BCUT2D eigenvalue weighted by Gasteiger charge is -2.11. The molecule has 2 aromatic carbocycles. The lowest BCUT2D eigenvalue weighted by Crippen LogP contribution is -2.17. The normalized spacial score (nSPS) is 10.7. The second-order valence-corrected chi connectivity index (χ2v) is 5.44. The highest BCUT2D eigenvalue weighted by atomic mass is 35.5. The molecule has 6 heteroatoms. The summed E-state index contributed by atoms with van der Waals surface area (Å²) in [5.41, 5.74) is 4.80. The zero-order valence-corrected chi connectivity index (χ0v) is 14.6. The number of halogens is 1. The number of hydrogen-bond donors (Lipinski definition) is 1. The van der Waals surface area contributed by atoms with Crippen molar-refractivity contribution in [1.29, 1.82) is 0 Å². The average Bonchev–Trinajstić information content (AvgIpc) is 2.55. The summed E-state index contributed by atoms with van der Waals surface area (Å²) >= 11 is 6.17. The molecule has 0 bridgehead atoms. The van der Waals surface area contributed by atoms with Crippen molar-refractivity contribution in [3.8, 4) is 11.5 Å². The second-order valence-electron chi connectivity index (χ2n) is 5.03. The smallest absolute Gasteiger partial charge is 0.271 e. The summed E-state index contributed by atoms with van der Waals surface area (Å²) in [6, 6.07) is 10.7. The molecule has 126 valence electrons. The van der Waals surface area contributed by atoms with Crippen LogP contribution in [0.4, 0.5) is 0 Å². The van der Waals surface area contributed by atoms with Gasteiger partial charge in [0, 0.05) is 5.56 Å². The molecule has 0 radical (unpaired) electrons. The zero-order chi connectivity index (χ0) is 17.5. The number of carbonyl (C=O) groups excluding carboxylic acids is 1. The van der Waals surface area contributed by atoms with Gasteiger partial charge in [0.15, 0.2) is 11.5 Å². The van der Waals surface area contributed by atoms with Gasteiger partial charge in [0.25, 0.3) is 5.91 Å². The Morgan fingerprint density at radius 1 is 1.29 bits per heavy atom. The van der Waals surface area contributed by atoms with E-state index in [4.69, 9.17) is 21.1 Å². The lowest BCUT2D eigenvalue weighted by molar-refractivity contribution is 0.0955. The molecule has 0 aliphatic rings. The van der Waals surface area contributed by atoms with E-state index in [2.05, 4.69) is 10.5 Å². The second kappa shape index (κ2) is 8.36. The Morgan fingerprint density at radius 3 is 2.62 bits per heavy atom. The monoisotopic (exact) mass is 346 g/mol. The van der Waals surface area contributed by atoms with Gasteiger partial charge in [-0.25, -0.2) is 5.43 Å². The van der Waals surface area contributed by atoms with Gasteiger partial charge in [-0.05, 0) is 43.7 Å². The number of rotatable bonds is 6. The van der Waals surface area contributed by atoms with E-state index < -0.39 is 0 Å². The number of nitrogens with one attached hydrogen (secondary N) is 1. The van der Waals surface area contributed by atoms with Crippen molar-refractivity contribution in [3.63, 3.8) is 0 Å². The van der Waals surface area contributed by atoms with Gasteiger partial charge in [0.2, 0.25) is 0 Å². The number of nitrogens with zero attached hydrogens (tertiary/aromatic N) is 1. The van der Waals surface area contributed by atoms with Gasteiger partial charge in [-0.3, -0.25) is 4.79 Å². The van der Waals surface area contributed by atoms with E-state index in [1.807, 2.05) is 26.0 Å². The summed E-state index contributed by atoms with van der Waals surface area (Å²) in [6.07, 6.45) is 1.50. The maximum atomic E-state index is 12.0. The van der Waals surface area contributed by atoms with Gasteiger partial charge >= 0.3 is 0 Å². The molecule has 1 amide bonds. The molecule has 24 heavy (non-hydrogen) atoms. The Labute approximate surface area is 146 Å². The van der Waals surface area contributed by atoms with Crippen molar-refractivity contribution in [1.82, 2.24) is 5.43 Å². The van der Waals surface area contributed by atoms with Crippen LogP contribution < -0.4 is 14.9 Å². The quantitative estimate of drug-likeness (QED) is 0.639. The molecule has 0 atom stereocenters. The molecule has 0 unspecified atom stereocenters. The van der Waals surface area contributed by atoms with E-state index in [1.54, 1.807) is 24.3 Å². The predicted molar refractivity (Wildman–Crippen MR) is 95.4 cm³/mol. The third-order valence-electron chi connectivity index (χ3n) is 3.23. The molecule has 2 rings (SSSR count). The Morgan fingerprint density at radius 2 is 2.00 bits per heavy atom. The van der Waals surface area contributed by atoms with Crippen LogP contribution in [0, 0.1) is 6.92 Å². The molecule has 2 aromatic rings. The highest BCUT2D eigenvalue weighted by Gasteiger charge is 2.10. The van der Waals surface area contributed by atoms with E-state index in [0.29, 0.717) is 34.3 Å². The average molecular weight is 347 g/mol. The summed E-state index contributed by atoms with van der Waals surface area (Å²) < 4.78 is 10.7. The molecule has 0 aromatic heterocycles. The highest BCUT2D eigenvalue weighted by Crippen LogP contribution is 2.35. The third-order valence-corrected chi connectivity index (χ3v) is 3.51. The lowest BCUT2D eigenvalue weighted by atomic mass is 10.1. The molecule has 0 saturated carbocycles. The number of hydrazone groups is 1. The fraction of sp³-hybridized carbons (Fsp3) is 0.222. The van der Waals surface area contributed by atoms with Gasteiger partial charge in [0.05, 0.1) is 25.0 Å². The van der Waals surface area contributed by atoms with Gasteiger partial charge in [-0.1, -0.05) is 29.3 Å². The standard InChI is InChI=1S/C18H19ClN2O3/c1-4-24-16-10-13(9-15(19)17(16)23-3)11-20-21-18(22)14-7-5-12(2)6-8-14/h5-11H,4H2,1-3H3,(H,21,22)/b20-11-. The Balaban J connectivity index is 2.11. The molecule has 0 fully saturated rings. The van der Waals surface area contributed by atoms with Crippen LogP contribution in [0.5, 0.6) is 11.5 Å². The topological polar surface area (TPSA) is 59.9 Å². The first kappa shape index (κ1) is 17.8. The minimum Gasteiger partial charge on any atom is -0.491 e. The van der Waals surface area contributed by atoms with E-state index in [9.17, 15) is 4.79 Å². The van der Waals surface area contributed by atoms with E-state index in [-0.39, 0.29) is 5.91 Å². The molecule has 1 N–H and O–H groups in total.